The summed E-state index contributed by atoms with van der Waals surface area (Å²) in [5.41, 5.74) is 2.50. The van der Waals surface area contributed by atoms with Crippen LogP contribution in [0.1, 0.15) is 35.8 Å². The molecule has 1 fully saturated rings. The van der Waals surface area contributed by atoms with Crippen molar-refractivity contribution in [2.45, 2.75) is 32.7 Å². The number of aldehydes is 1. The van der Waals surface area contributed by atoms with Crippen LogP contribution in [0, 0.1) is 6.92 Å². The molecule has 0 radical (unpaired) electrons. The van der Waals surface area contributed by atoms with Crippen LogP contribution in [0.25, 0.3) is 5.69 Å². The van der Waals surface area contributed by atoms with E-state index in [4.69, 9.17) is 0 Å². The van der Waals surface area contributed by atoms with Crippen LogP contribution in [0.4, 0.5) is 5.82 Å². The Morgan fingerprint density at radius 3 is 2.65 bits per heavy atom. The summed E-state index contributed by atoms with van der Waals surface area (Å²) in [7, 11) is 0. The second kappa shape index (κ2) is 5.12. The molecule has 4 nitrogen and oxygen atoms in total. The lowest BCUT2D eigenvalue weighted by atomic mass is 10.2. The SMILES string of the molecule is Cc1nn(-c2ccccc2)c(N2CCCC2C)c1C=O. The zero-order valence-electron chi connectivity index (χ0n) is 11.9. The maximum atomic E-state index is 11.5. The molecular weight excluding hydrogens is 250 g/mol. The van der Waals surface area contributed by atoms with Gasteiger partial charge < -0.3 is 4.90 Å². The number of benzene rings is 1. The highest BCUT2D eigenvalue weighted by Crippen LogP contribution is 2.31. The first-order valence-electron chi connectivity index (χ1n) is 7.09. The van der Waals surface area contributed by atoms with E-state index in [2.05, 4.69) is 16.9 Å². The van der Waals surface area contributed by atoms with Gasteiger partial charge in [0.2, 0.25) is 0 Å². The fourth-order valence-electron chi connectivity index (χ4n) is 2.94. The van der Waals surface area contributed by atoms with Gasteiger partial charge in [-0.15, -0.1) is 0 Å². The summed E-state index contributed by atoms with van der Waals surface area (Å²) < 4.78 is 1.90. The highest BCUT2D eigenvalue weighted by Gasteiger charge is 2.28. The van der Waals surface area contributed by atoms with Gasteiger partial charge in [-0.25, -0.2) is 4.68 Å². The Balaban J connectivity index is 2.17. The Kier molecular flexibility index (Phi) is 3.30. The molecule has 1 aromatic carbocycles. The van der Waals surface area contributed by atoms with Gasteiger partial charge in [-0.3, -0.25) is 4.79 Å². The zero-order chi connectivity index (χ0) is 14.1. The normalized spacial score (nSPS) is 18.5. The number of aromatic nitrogens is 2. The Hall–Kier alpha value is -2.10. The van der Waals surface area contributed by atoms with E-state index in [1.165, 1.54) is 6.42 Å². The third kappa shape index (κ3) is 2.01. The average molecular weight is 269 g/mol. The molecule has 20 heavy (non-hydrogen) atoms. The van der Waals surface area contributed by atoms with Crippen molar-refractivity contribution < 1.29 is 4.79 Å². The number of para-hydroxylation sites is 1. The molecule has 1 atom stereocenters. The molecule has 0 bridgehead atoms. The highest BCUT2D eigenvalue weighted by atomic mass is 16.1. The van der Waals surface area contributed by atoms with Crippen LogP contribution in [-0.4, -0.2) is 28.7 Å². The summed E-state index contributed by atoms with van der Waals surface area (Å²) >= 11 is 0. The van der Waals surface area contributed by atoms with Crippen molar-refractivity contribution in [3.8, 4) is 5.69 Å². The van der Waals surface area contributed by atoms with Crippen molar-refractivity contribution in [1.82, 2.24) is 9.78 Å². The summed E-state index contributed by atoms with van der Waals surface area (Å²) in [6.07, 6.45) is 3.26. The van der Waals surface area contributed by atoms with Crippen LogP contribution in [0.5, 0.6) is 0 Å². The minimum Gasteiger partial charge on any atom is -0.353 e. The van der Waals surface area contributed by atoms with Gasteiger partial charge in [-0.1, -0.05) is 18.2 Å². The van der Waals surface area contributed by atoms with Gasteiger partial charge in [0.25, 0.3) is 0 Å². The number of hydrogen-bond acceptors (Lipinski definition) is 3. The van der Waals surface area contributed by atoms with E-state index < -0.39 is 0 Å². The topological polar surface area (TPSA) is 38.1 Å². The molecule has 1 aliphatic heterocycles. The Labute approximate surface area is 119 Å². The molecule has 0 amide bonds. The van der Waals surface area contributed by atoms with Crippen LogP contribution in [0.15, 0.2) is 30.3 Å². The van der Waals surface area contributed by atoms with E-state index in [-0.39, 0.29) is 0 Å². The van der Waals surface area contributed by atoms with E-state index in [9.17, 15) is 4.79 Å². The summed E-state index contributed by atoms with van der Waals surface area (Å²) in [5.74, 6) is 0.939. The largest absolute Gasteiger partial charge is 0.353 e. The number of rotatable bonds is 3. The molecule has 104 valence electrons. The summed E-state index contributed by atoms with van der Waals surface area (Å²) in [4.78, 5) is 13.8. The van der Waals surface area contributed by atoms with E-state index in [0.29, 0.717) is 11.6 Å². The summed E-state index contributed by atoms with van der Waals surface area (Å²) in [5, 5.41) is 4.57. The Morgan fingerprint density at radius 2 is 2.05 bits per heavy atom. The predicted molar refractivity (Wildman–Crippen MR) is 79.7 cm³/mol. The molecule has 2 heterocycles. The molecule has 0 N–H and O–H groups in total. The van der Waals surface area contributed by atoms with E-state index in [1.807, 2.05) is 41.9 Å². The van der Waals surface area contributed by atoms with Crippen molar-refractivity contribution in [1.29, 1.82) is 0 Å². The molecule has 4 heteroatoms. The lowest BCUT2D eigenvalue weighted by Gasteiger charge is -2.25. The highest BCUT2D eigenvalue weighted by molar-refractivity contribution is 5.85. The van der Waals surface area contributed by atoms with Crippen molar-refractivity contribution in [2.24, 2.45) is 0 Å². The van der Waals surface area contributed by atoms with E-state index in [1.54, 1.807) is 0 Å². The number of carbonyl (C=O) groups excluding carboxylic acids is 1. The van der Waals surface area contributed by atoms with Crippen molar-refractivity contribution in [3.05, 3.63) is 41.6 Å². The fourth-order valence-corrected chi connectivity index (χ4v) is 2.94. The van der Waals surface area contributed by atoms with Gasteiger partial charge in [0.1, 0.15) is 5.82 Å². The van der Waals surface area contributed by atoms with Gasteiger partial charge >= 0.3 is 0 Å². The second-order valence-electron chi connectivity index (χ2n) is 5.37. The Bertz CT molecular complexity index is 618. The van der Waals surface area contributed by atoms with Crippen molar-refractivity contribution in [3.63, 3.8) is 0 Å². The van der Waals surface area contributed by atoms with Crippen LogP contribution in [0.2, 0.25) is 0 Å². The molecule has 1 aromatic heterocycles. The average Bonchev–Trinajstić information content (AvgIpc) is 3.02. The first kappa shape index (κ1) is 12.9. The molecule has 1 aliphatic rings. The van der Waals surface area contributed by atoms with E-state index in [0.717, 1.165) is 36.5 Å². The lowest BCUT2D eigenvalue weighted by molar-refractivity contribution is 0.112. The van der Waals surface area contributed by atoms with Gasteiger partial charge in [0.05, 0.1) is 16.9 Å². The molecular formula is C16H19N3O. The molecule has 0 saturated carbocycles. The predicted octanol–water partition coefficient (Wildman–Crippen LogP) is 2.98. The van der Waals surface area contributed by atoms with E-state index >= 15 is 0 Å². The van der Waals surface area contributed by atoms with Gasteiger partial charge in [-0.2, -0.15) is 5.10 Å². The third-order valence-electron chi connectivity index (χ3n) is 4.02. The molecule has 1 unspecified atom stereocenters. The van der Waals surface area contributed by atoms with Crippen molar-refractivity contribution in [2.75, 3.05) is 11.4 Å². The van der Waals surface area contributed by atoms with Gasteiger partial charge in [0, 0.05) is 12.6 Å². The number of nitrogens with zero attached hydrogens (tertiary/aromatic N) is 3. The summed E-state index contributed by atoms with van der Waals surface area (Å²) in [6.45, 7) is 5.09. The monoisotopic (exact) mass is 269 g/mol. The molecule has 1 saturated heterocycles. The molecule has 2 aromatic rings. The molecule has 0 spiro atoms. The minimum atomic E-state index is 0.451. The quantitative estimate of drug-likeness (QED) is 0.804. The van der Waals surface area contributed by atoms with Crippen LogP contribution < -0.4 is 4.90 Å². The van der Waals surface area contributed by atoms with Crippen LogP contribution in [-0.2, 0) is 0 Å². The number of aryl methyl sites for hydroxylation is 1. The number of hydrogen-bond donors (Lipinski definition) is 0. The molecule has 0 aliphatic carbocycles. The second-order valence-corrected chi connectivity index (χ2v) is 5.37. The zero-order valence-corrected chi connectivity index (χ0v) is 11.9. The smallest absolute Gasteiger partial charge is 0.155 e. The minimum absolute atomic E-state index is 0.451. The first-order valence-corrected chi connectivity index (χ1v) is 7.09. The Morgan fingerprint density at radius 1 is 1.30 bits per heavy atom. The van der Waals surface area contributed by atoms with Gasteiger partial charge in [0.15, 0.2) is 6.29 Å². The summed E-state index contributed by atoms with van der Waals surface area (Å²) in [6, 6.07) is 10.5. The van der Waals surface area contributed by atoms with Gasteiger partial charge in [-0.05, 0) is 38.8 Å². The number of carbonyl (C=O) groups is 1. The maximum Gasteiger partial charge on any atom is 0.155 e. The standard InChI is InChI=1S/C16H19N3O/c1-12-7-6-10-18(12)16-15(11-20)13(2)17-19(16)14-8-4-3-5-9-14/h3-5,8-9,11-12H,6-7,10H2,1-2H3. The van der Waals surface area contributed by atoms with Crippen LogP contribution in [0.3, 0.4) is 0 Å². The maximum absolute atomic E-state index is 11.5. The lowest BCUT2D eigenvalue weighted by Crippen LogP contribution is -2.29. The first-order chi connectivity index (χ1) is 9.72. The molecule has 3 rings (SSSR count). The number of anilines is 1. The van der Waals surface area contributed by atoms with Crippen molar-refractivity contribution >= 4 is 12.1 Å². The van der Waals surface area contributed by atoms with Crippen LogP contribution >= 0.6 is 0 Å². The fraction of sp³-hybridized carbons (Fsp3) is 0.375. The third-order valence-corrected chi connectivity index (χ3v) is 4.02.